The van der Waals surface area contributed by atoms with Crippen LogP contribution in [-0.4, -0.2) is 38.3 Å². The van der Waals surface area contributed by atoms with Crippen LogP contribution in [0, 0.1) is 0 Å². The second kappa shape index (κ2) is 6.53. The molecule has 0 radical (unpaired) electrons. The van der Waals surface area contributed by atoms with Crippen molar-refractivity contribution >= 4 is 21.6 Å². The first kappa shape index (κ1) is 15.5. The van der Waals surface area contributed by atoms with Crippen molar-refractivity contribution < 1.29 is 18.3 Å². The maximum atomic E-state index is 11.8. The summed E-state index contributed by atoms with van der Waals surface area (Å²) in [5.41, 5.74) is 0.805. The molecule has 3 N–H and O–H groups in total. The Morgan fingerprint density at radius 3 is 2.32 bits per heavy atom. The van der Waals surface area contributed by atoms with Crippen molar-refractivity contribution in [2.24, 2.45) is 0 Å². The minimum atomic E-state index is -3.32. The van der Waals surface area contributed by atoms with Crippen molar-refractivity contribution in [3.8, 4) is 0 Å². The van der Waals surface area contributed by atoms with Crippen LogP contribution in [-0.2, 0) is 10.0 Å². The van der Waals surface area contributed by atoms with Gasteiger partial charge in [0.15, 0.2) is 0 Å². The minimum Gasteiger partial charge on any atom is -0.394 e. The van der Waals surface area contributed by atoms with Crippen molar-refractivity contribution in [1.82, 2.24) is 5.32 Å². The van der Waals surface area contributed by atoms with Gasteiger partial charge in [-0.3, -0.25) is 9.52 Å². The van der Waals surface area contributed by atoms with E-state index in [0.717, 1.165) is 6.26 Å². The smallest absolute Gasteiger partial charge is 0.251 e. The Balaban J connectivity index is 2.73. The molecule has 1 aromatic carbocycles. The Hall–Kier alpha value is -1.60. The number of nitrogens with one attached hydrogen (secondary N) is 2. The summed E-state index contributed by atoms with van der Waals surface area (Å²) >= 11 is 0. The van der Waals surface area contributed by atoms with Crippen LogP contribution < -0.4 is 10.0 Å². The number of carbonyl (C=O) groups excluding carboxylic acids is 1. The number of sulfonamides is 1. The lowest BCUT2D eigenvalue weighted by Gasteiger charge is -2.14. The third kappa shape index (κ3) is 5.27. The maximum Gasteiger partial charge on any atom is 0.251 e. The molecule has 0 heterocycles. The molecule has 106 valence electrons. The number of carbonyl (C=O) groups is 1. The molecule has 0 aliphatic carbocycles. The molecule has 0 fully saturated rings. The molecule has 1 aromatic rings. The molecule has 0 aliphatic rings. The summed E-state index contributed by atoms with van der Waals surface area (Å²) in [5.74, 6) is -0.299. The number of amides is 1. The van der Waals surface area contributed by atoms with Crippen LogP contribution in [0.4, 0.5) is 5.69 Å². The SMILES string of the molecule is CC[C@H](CO)NC(=O)c1ccc(NS(C)(=O)=O)cc1. The molecular formula is C12H18N2O4S. The van der Waals surface area contributed by atoms with Crippen molar-refractivity contribution in [1.29, 1.82) is 0 Å². The summed E-state index contributed by atoms with van der Waals surface area (Å²) in [6.07, 6.45) is 1.69. The highest BCUT2D eigenvalue weighted by Crippen LogP contribution is 2.11. The summed E-state index contributed by atoms with van der Waals surface area (Å²) in [4.78, 5) is 11.8. The third-order valence-electron chi connectivity index (χ3n) is 2.50. The normalized spacial score (nSPS) is 12.8. The largest absolute Gasteiger partial charge is 0.394 e. The van der Waals surface area contributed by atoms with Gasteiger partial charge in [-0.05, 0) is 30.7 Å². The monoisotopic (exact) mass is 286 g/mol. The fraction of sp³-hybridized carbons (Fsp3) is 0.417. The summed E-state index contributed by atoms with van der Waals surface area (Å²) < 4.78 is 24.4. The van der Waals surface area contributed by atoms with Gasteiger partial charge in [-0.15, -0.1) is 0 Å². The number of aliphatic hydroxyl groups is 1. The van der Waals surface area contributed by atoms with Crippen molar-refractivity contribution in [3.05, 3.63) is 29.8 Å². The van der Waals surface area contributed by atoms with E-state index in [-0.39, 0.29) is 18.6 Å². The Morgan fingerprint density at radius 2 is 1.89 bits per heavy atom. The lowest BCUT2D eigenvalue weighted by molar-refractivity contribution is 0.0915. The zero-order valence-electron chi connectivity index (χ0n) is 10.9. The van der Waals surface area contributed by atoms with Crippen molar-refractivity contribution in [3.63, 3.8) is 0 Å². The van der Waals surface area contributed by atoms with E-state index in [9.17, 15) is 13.2 Å². The number of anilines is 1. The quantitative estimate of drug-likeness (QED) is 0.712. The third-order valence-corrected chi connectivity index (χ3v) is 3.11. The topological polar surface area (TPSA) is 95.5 Å². The molecule has 0 saturated heterocycles. The van der Waals surface area contributed by atoms with Crippen molar-refractivity contribution in [2.75, 3.05) is 17.6 Å². The zero-order chi connectivity index (χ0) is 14.5. The van der Waals surface area contributed by atoms with Crippen molar-refractivity contribution in [2.45, 2.75) is 19.4 Å². The number of aliphatic hydroxyl groups excluding tert-OH is 1. The molecule has 1 rings (SSSR count). The second-order valence-corrected chi connectivity index (χ2v) is 5.96. The van der Waals surface area contributed by atoms with Crippen LogP contribution >= 0.6 is 0 Å². The van der Waals surface area contributed by atoms with Gasteiger partial charge < -0.3 is 10.4 Å². The molecular weight excluding hydrogens is 268 g/mol. The van der Waals surface area contributed by atoms with Gasteiger partial charge in [-0.2, -0.15) is 0 Å². The summed E-state index contributed by atoms with van der Waals surface area (Å²) in [6.45, 7) is 1.75. The fourth-order valence-electron chi connectivity index (χ4n) is 1.45. The highest BCUT2D eigenvalue weighted by molar-refractivity contribution is 7.92. The van der Waals surface area contributed by atoms with Gasteiger partial charge in [0.2, 0.25) is 10.0 Å². The van der Waals surface area contributed by atoms with Crippen LogP contribution in [0.3, 0.4) is 0 Å². The molecule has 1 atom stereocenters. The lowest BCUT2D eigenvalue weighted by Crippen LogP contribution is -2.36. The second-order valence-electron chi connectivity index (χ2n) is 4.21. The van der Waals surface area contributed by atoms with Crippen LogP contribution in [0.15, 0.2) is 24.3 Å². The van der Waals surface area contributed by atoms with Crippen LogP contribution in [0.25, 0.3) is 0 Å². The van der Waals surface area contributed by atoms with Crippen LogP contribution in [0.2, 0.25) is 0 Å². The van der Waals surface area contributed by atoms with E-state index < -0.39 is 10.0 Å². The zero-order valence-corrected chi connectivity index (χ0v) is 11.7. The average molecular weight is 286 g/mol. The van der Waals surface area contributed by atoms with Gasteiger partial charge in [0.1, 0.15) is 0 Å². The van der Waals surface area contributed by atoms with E-state index in [0.29, 0.717) is 17.7 Å². The summed E-state index contributed by atoms with van der Waals surface area (Å²) in [5, 5.41) is 11.7. The van der Waals surface area contributed by atoms with Gasteiger partial charge >= 0.3 is 0 Å². The summed E-state index contributed by atoms with van der Waals surface area (Å²) in [7, 11) is -3.32. The lowest BCUT2D eigenvalue weighted by atomic mass is 10.1. The maximum absolute atomic E-state index is 11.8. The Kier molecular flexibility index (Phi) is 5.31. The molecule has 6 nitrogen and oxygen atoms in total. The first-order chi connectivity index (χ1) is 8.85. The average Bonchev–Trinajstić information content (AvgIpc) is 2.34. The predicted molar refractivity (Wildman–Crippen MR) is 73.5 cm³/mol. The van der Waals surface area contributed by atoms with Gasteiger partial charge in [-0.25, -0.2) is 8.42 Å². The predicted octanol–water partition coefficient (Wildman–Crippen LogP) is 0.559. The highest BCUT2D eigenvalue weighted by Gasteiger charge is 2.11. The van der Waals surface area contributed by atoms with Crippen LogP contribution in [0.1, 0.15) is 23.7 Å². The van der Waals surface area contributed by atoms with Gasteiger partial charge in [-0.1, -0.05) is 6.92 Å². The molecule has 7 heteroatoms. The fourth-order valence-corrected chi connectivity index (χ4v) is 2.01. The Morgan fingerprint density at radius 1 is 1.32 bits per heavy atom. The van der Waals surface area contributed by atoms with E-state index >= 15 is 0 Å². The van der Waals surface area contributed by atoms with Gasteiger partial charge in [0.05, 0.1) is 18.9 Å². The molecule has 0 aliphatic heterocycles. The molecule has 0 bridgehead atoms. The van der Waals surface area contributed by atoms with E-state index in [1.165, 1.54) is 24.3 Å². The number of benzene rings is 1. The Labute approximate surface area is 112 Å². The van der Waals surface area contributed by atoms with Gasteiger partial charge in [0.25, 0.3) is 5.91 Å². The summed E-state index contributed by atoms with van der Waals surface area (Å²) in [6, 6.07) is 5.78. The number of hydrogen-bond acceptors (Lipinski definition) is 4. The van der Waals surface area contributed by atoms with Crippen LogP contribution in [0.5, 0.6) is 0 Å². The van der Waals surface area contributed by atoms with E-state index in [1.54, 1.807) is 0 Å². The van der Waals surface area contributed by atoms with E-state index in [1.807, 2.05) is 6.92 Å². The first-order valence-corrected chi connectivity index (χ1v) is 7.74. The first-order valence-electron chi connectivity index (χ1n) is 5.85. The number of hydrogen-bond donors (Lipinski definition) is 3. The molecule has 0 unspecified atom stereocenters. The molecule has 19 heavy (non-hydrogen) atoms. The van der Waals surface area contributed by atoms with Gasteiger partial charge in [0, 0.05) is 11.3 Å². The molecule has 0 aromatic heterocycles. The minimum absolute atomic E-state index is 0.115. The molecule has 0 spiro atoms. The Bertz CT molecular complexity index is 521. The molecule has 1 amide bonds. The standard InChI is InChI=1S/C12H18N2O4S/c1-3-10(8-15)13-12(16)9-4-6-11(7-5-9)14-19(2,17)18/h4-7,10,14-15H,3,8H2,1-2H3,(H,13,16)/t10-/m1/s1. The highest BCUT2D eigenvalue weighted by atomic mass is 32.2. The van der Waals surface area contributed by atoms with E-state index in [2.05, 4.69) is 10.0 Å². The van der Waals surface area contributed by atoms with E-state index in [4.69, 9.17) is 5.11 Å². The number of rotatable bonds is 6. The molecule has 0 saturated carbocycles.